The lowest BCUT2D eigenvalue weighted by molar-refractivity contribution is -0.114. The van der Waals surface area contributed by atoms with Crippen molar-refractivity contribution in [3.05, 3.63) is 101 Å². The van der Waals surface area contributed by atoms with Gasteiger partial charge in [0, 0.05) is 16.1 Å². The van der Waals surface area contributed by atoms with E-state index in [1.54, 1.807) is 86.0 Å². The Balaban J connectivity index is 1.42. The number of anilines is 2. The average molecular weight is 560 g/mol. The summed E-state index contributed by atoms with van der Waals surface area (Å²) in [7, 11) is 1.56. The molecular weight excluding hydrogens is 534 g/mol. The van der Waals surface area contributed by atoms with Gasteiger partial charge in [0.25, 0.3) is 11.8 Å². The summed E-state index contributed by atoms with van der Waals surface area (Å²) >= 11 is 2.66. The number of rotatable bonds is 10. The molecule has 0 fully saturated rings. The number of nitrogens with zero attached hydrogens (tertiary/aromatic N) is 2. The van der Waals surface area contributed by atoms with Crippen molar-refractivity contribution >= 4 is 57.7 Å². The number of amides is 3. The highest BCUT2D eigenvalue weighted by atomic mass is 32.2. The molecule has 11 heteroatoms. The molecule has 0 saturated carbocycles. The number of carbonyl (C=O) groups is 3. The number of hydrogen-bond acceptors (Lipinski definition) is 8. The van der Waals surface area contributed by atoms with E-state index in [0.717, 1.165) is 9.90 Å². The third-order valence-electron chi connectivity index (χ3n) is 5.19. The van der Waals surface area contributed by atoms with E-state index in [1.165, 1.54) is 23.1 Å². The fourth-order valence-corrected chi connectivity index (χ4v) is 4.63. The monoisotopic (exact) mass is 559 g/mol. The van der Waals surface area contributed by atoms with Crippen LogP contribution < -0.4 is 20.7 Å². The van der Waals surface area contributed by atoms with Gasteiger partial charge < -0.3 is 15.4 Å². The maximum absolute atomic E-state index is 13.2. The van der Waals surface area contributed by atoms with E-state index in [2.05, 4.69) is 26.1 Å². The van der Waals surface area contributed by atoms with E-state index in [1.807, 2.05) is 13.0 Å². The minimum Gasteiger partial charge on any atom is -0.497 e. The highest BCUT2D eigenvalue weighted by molar-refractivity contribution is 8.00. The predicted octanol–water partition coefficient (Wildman–Crippen LogP) is 5.00. The molecule has 4 rings (SSSR count). The lowest BCUT2D eigenvalue weighted by Gasteiger charge is -2.12. The molecule has 39 heavy (non-hydrogen) atoms. The van der Waals surface area contributed by atoms with Crippen molar-refractivity contribution in [2.45, 2.75) is 11.8 Å². The largest absolute Gasteiger partial charge is 0.497 e. The molecule has 0 atom stereocenters. The van der Waals surface area contributed by atoms with Gasteiger partial charge in [-0.2, -0.15) is 0 Å². The second-order valence-electron chi connectivity index (χ2n) is 8.10. The fourth-order valence-electron chi connectivity index (χ4n) is 3.32. The standard InChI is InChI=1S/C28H25N5O4S2/c1-18-32-33-28(39-18)31-25(34)17-38-23-13-11-21(12-14-23)29-27(36)24(16-19-7-6-10-22(15-19)37-2)30-26(35)20-8-4-3-5-9-20/h3-16H,17H2,1-2H3,(H,29,36)(H,30,35)(H,31,33,34)/b24-16-. The summed E-state index contributed by atoms with van der Waals surface area (Å²) < 4.78 is 5.27. The maximum atomic E-state index is 13.2. The van der Waals surface area contributed by atoms with Crippen LogP contribution in [0.25, 0.3) is 6.08 Å². The first-order chi connectivity index (χ1) is 18.9. The number of benzene rings is 3. The Bertz CT molecular complexity index is 1490. The Morgan fingerprint density at radius 2 is 1.72 bits per heavy atom. The summed E-state index contributed by atoms with van der Waals surface area (Å²) in [6, 6.07) is 22.9. The maximum Gasteiger partial charge on any atom is 0.272 e. The molecule has 3 aromatic carbocycles. The van der Waals surface area contributed by atoms with Gasteiger partial charge in [-0.1, -0.05) is 41.7 Å². The fraction of sp³-hybridized carbons (Fsp3) is 0.107. The normalized spacial score (nSPS) is 11.0. The summed E-state index contributed by atoms with van der Waals surface area (Å²) in [5, 5.41) is 17.3. The van der Waals surface area contributed by atoms with Crippen LogP contribution in [0.15, 0.2) is 89.5 Å². The van der Waals surface area contributed by atoms with Crippen molar-refractivity contribution in [3.8, 4) is 5.75 Å². The highest BCUT2D eigenvalue weighted by Gasteiger charge is 2.15. The summed E-state index contributed by atoms with van der Waals surface area (Å²) in [4.78, 5) is 39.0. The average Bonchev–Trinajstić information content (AvgIpc) is 3.36. The van der Waals surface area contributed by atoms with Crippen molar-refractivity contribution < 1.29 is 19.1 Å². The van der Waals surface area contributed by atoms with Crippen molar-refractivity contribution in [3.63, 3.8) is 0 Å². The zero-order valence-electron chi connectivity index (χ0n) is 21.1. The second-order valence-corrected chi connectivity index (χ2v) is 10.3. The molecule has 0 radical (unpaired) electrons. The van der Waals surface area contributed by atoms with Crippen molar-refractivity contribution in [1.82, 2.24) is 15.5 Å². The zero-order valence-corrected chi connectivity index (χ0v) is 22.8. The van der Waals surface area contributed by atoms with Crippen LogP contribution in [-0.4, -0.2) is 40.8 Å². The summed E-state index contributed by atoms with van der Waals surface area (Å²) in [5.41, 5.74) is 1.71. The van der Waals surface area contributed by atoms with Crippen molar-refractivity contribution in [2.24, 2.45) is 0 Å². The molecule has 0 bridgehead atoms. The molecule has 0 aliphatic heterocycles. The van der Waals surface area contributed by atoms with Gasteiger partial charge in [-0.3, -0.25) is 19.7 Å². The summed E-state index contributed by atoms with van der Waals surface area (Å²) in [6.45, 7) is 1.82. The number of aromatic nitrogens is 2. The number of aryl methyl sites for hydroxylation is 1. The quantitative estimate of drug-likeness (QED) is 0.185. The highest BCUT2D eigenvalue weighted by Crippen LogP contribution is 2.22. The van der Waals surface area contributed by atoms with E-state index < -0.39 is 11.8 Å². The lowest BCUT2D eigenvalue weighted by atomic mass is 10.1. The van der Waals surface area contributed by atoms with Crippen LogP contribution in [0.4, 0.5) is 10.8 Å². The number of hydrogen-bond donors (Lipinski definition) is 3. The second kappa shape index (κ2) is 13.4. The lowest BCUT2D eigenvalue weighted by Crippen LogP contribution is -2.30. The zero-order chi connectivity index (χ0) is 27.6. The molecule has 4 aromatic rings. The Morgan fingerprint density at radius 3 is 2.41 bits per heavy atom. The van der Waals surface area contributed by atoms with Gasteiger partial charge in [0.2, 0.25) is 11.0 Å². The topological polar surface area (TPSA) is 122 Å². The van der Waals surface area contributed by atoms with Gasteiger partial charge in [0.1, 0.15) is 16.5 Å². The van der Waals surface area contributed by atoms with Crippen molar-refractivity contribution in [2.75, 3.05) is 23.5 Å². The molecule has 1 heterocycles. The Labute approximate surface area is 233 Å². The predicted molar refractivity (Wildman–Crippen MR) is 154 cm³/mol. The number of ether oxygens (including phenoxy) is 1. The molecule has 0 unspecified atom stereocenters. The van der Waals surface area contributed by atoms with Gasteiger partial charge in [-0.05, 0) is 67.1 Å². The SMILES string of the molecule is COc1cccc(/C=C(\NC(=O)c2ccccc2)C(=O)Nc2ccc(SCC(=O)Nc3nnc(C)s3)cc2)c1. The number of thioether (sulfide) groups is 1. The molecule has 1 aromatic heterocycles. The molecule has 0 aliphatic rings. The molecule has 198 valence electrons. The van der Waals surface area contributed by atoms with Crippen LogP contribution in [-0.2, 0) is 9.59 Å². The smallest absolute Gasteiger partial charge is 0.272 e. The first-order valence-corrected chi connectivity index (χ1v) is 13.6. The van der Waals surface area contributed by atoms with Gasteiger partial charge in [-0.25, -0.2) is 0 Å². The van der Waals surface area contributed by atoms with Crippen LogP contribution in [0, 0.1) is 6.92 Å². The Hall–Kier alpha value is -4.48. The van der Waals surface area contributed by atoms with Crippen LogP contribution >= 0.6 is 23.1 Å². The van der Waals surface area contributed by atoms with Crippen LogP contribution in [0.3, 0.4) is 0 Å². The molecular formula is C28H25N5O4S2. The summed E-state index contributed by atoms with van der Waals surface area (Å²) in [6.07, 6.45) is 1.58. The Morgan fingerprint density at radius 1 is 0.949 bits per heavy atom. The molecule has 0 aliphatic carbocycles. The van der Waals surface area contributed by atoms with E-state index in [4.69, 9.17) is 4.74 Å². The third kappa shape index (κ3) is 8.25. The Kier molecular flexibility index (Phi) is 9.44. The van der Waals surface area contributed by atoms with E-state index in [9.17, 15) is 14.4 Å². The van der Waals surface area contributed by atoms with Crippen molar-refractivity contribution in [1.29, 1.82) is 0 Å². The van der Waals surface area contributed by atoms with E-state index >= 15 is 0 Å². The van der Waals surface area contributed by atoms with Gasteiger partial charge >= 0.3 is 0 Å². The molecule has 0 spiro atoms. The van der Waals surface area contributed by atoms with E-state index in [-0.39, 0.29) is 17.4 Å². The van der Waals surface area contributed by atoms with E-state index in [0.29, 0.717) is 27.7 Å². The molecule has 3 N–H and O–H groups in total. The number of methoxy groups -OCH3 is 1. The van der Waals surface area contributed by atoms with Crippen LogP contribution in [0.2, 0.25) is 0 Å². The minimum atomic E-state index is -0.491. The van der Waals surface area contributed by atoms with Gasteiger partial charge in [-0.15, -0.1) is 22.0 Å². The van der Waals surface area contributed by atoms with Gasteiger partial charge in [0.15, 0.2) is 0 Å². The summed E-state index contributed by atoms with van der Waals surface area (Å²) in [5.74, 6) is -0.264. The molecule has 0 saturated heterocycles. The van der Waals surface area contributed by atoms with Crippen LogP contribution in [0.1, 0.15) is 20.9 Å². The number of carbonyl (C=O) groups excluding carboxylic acids is 3. The minimum absolute atomic E-state index is 0.0686. The third-order valence-corrected chi connectivity index (χ3v) is 6.95. The van der Waals surface area contributed by atoms with Gasteiger partial charge in [0.05, 0.1) is 12.9 Å². The molecule has 3 amide bonds. The first kappa shape index (κ1) is 27.6. The van der Waals surface area contributed by atoms with Crippen LogP contribution in [0.5, 0.6) is 5.75 Å². The molecule has 9 nitrogen and oxygen atoms in total. The number of nitrogens with one attached hydrogen (secondary N) is 3. The first-order valence-electron chi connectivity index (χ1n) is 11.8.